The van der Waals surface area contributed by atoms with Crippen LogP contribution in [0.25, 0.3) is 0 Å². The Bertz CT molecular complexity index is 257. The Hall–Kier alpha value is 0. The van der Waals surface area contributed by atoms with Crippen LogP contribution in [0.5, 0.6) is 0 Å². The molecule has 2 aliphatic rings. The van der Waals surface area contributed by atoms with E-state index in [-0.39, 0.29) is 0 Å². The van der Waals surface area contributed by atoms with Gasteiger partial charge in [-0.25, -0.2) is 0 Å². The summed E-state index contributed by atoms with van der Waals surface area (Å²) in [5.74, 6) is 5.28. The van der Waals surface area contributed by atoms with Crippen molar-refractivity contribution in [1.29, 1.82) is 0 Å². The molecular formula is C20H38. The fourth-order valence-corrected chi connectivity index (χ4v) is 5.22. The van der Waals surface area contributed by atoms with Gasteiger partial charge in [0.2, 0.25) is 0 Å². The zero-order valence-electron chi connectivity index (χ0n) is 14.4. The van der Waals surface area contributed by atoms with Gasteiger partial charge in [0.1, 0.15) is 0 Å². The Labute approximate surface area is 128 Å². The molecule has 0 heteroatoms. The molecule has 0 aliphatic heterocycles. The van der Waals surface area contributed by atoms with Gasteiger partial charge in [-0.1, -0.05) is 72.1 Å². The SMILES string of the molecule is CCCCCCCCC1CC(C)C2CCC(C)CC2C1. The van der Waals surface area contributed by atoms with Crippen molar-refractivity contribution in [3.8, 4) is 0 Å². The van der Waals surface area contributed by atoms with Crippen LogP contribution in [0.2, 0.25) is 0 Å². The van der Waals surface area contributed by atoms with Crippen LogP contribution in [-0.4, -0.2) is 0 Å². The average Bonchev–Trinajstić information content (AvgIpc) is 2.42. The molecule has 0 amide bonds. The third-order valence-electron chi connectivity index (χ3n) is 6.34. The second kappa shape index (κ2) is 8.44. The van der Waals surface area contributed by atoms with Gasteiger partial charge in [-0.05, 0) is 55.3 Å². The lowest BCUT2D eigenvalue weighted by Crippen LogP contribution is -2.35. The van der Waals surface area contributed by atoms with E-state index in [9.17, 15) is 0 Å². The summed E-state index contributed by atoms with van der Waals surface area (Å²) in [4.78, 5) is 0. The van der Waals surface area contributed by atoms with Gasteiger partial charge in [0.25, 0.3) is 0 Å². The lowest BCUT2D eigenvalue weighted by Gasteiger charge is -2.45. The van der Waals surface area contributed by atoms with Crippen molar-refractivity contribution in [2.75, 3.05) is 0 Å². The van der Waals surface area contributed by atoms with Crippen molar-refractivity contribution in [3.63, 3.8) is 0 Å². The van der Waals surface area contributed by atoms with Crippen LogP contribution in [0.4, 0.5) is 0 Å². The largest absolute Gasteiger partial charge is 0.0654 e. The van der Waals surface area contributed by atoms with Gasteiger partial charge in [-0.15, -0.1) is 0 Å². The molecule has 2 aliphatic carbocycles. The summed E-state index contributed by atoms with van der Waals surface area (Å²) in [6, 6.07) is 0. The van der Waals surface area contributed by atoms with Crippen LogP contribution in [0.15, 0.2) is 0 Å². The highest BCUT2D eigenvalue weighted by Crippen LogP contribution is 2.48. The van der Waals surface area contributed by atoms with E-state index in [1.54, 1.807) is 19.3 Å². The second-order valence-electron chi connectivity index (χ2n) is 8.21. The van der Waals surface area contributed by atoms with Crippen molar-refractivity contribution < 1.29 is 0 Å². The third kappa shape index (κ3) is 4.78. The molecule has 0 spiro atoms. The van der Waals surface area contributed by atoms with Crippen molar-refractivity contribution in [1.82, 2.24) is 0 Å². The van der Waals surface area contributed by atoms with Gasteiger partial charge < -0.3 is 0 Å². The number of unbranched alkanes of at least 4 members (excludes halogenated alkanes) is 5. The van der Waals surface area contributed by atoms with Crippen LogP contribution >= 0.6 is 0 Å². The molecule has 0 heterocycles. The molecule has 0 aromatic carbocycles. The zero-order valence-corrected chi connectivity index (χ0v) is 14.4. The van der Waals surface area contributed by atoms with E-state index in [0.29, 0.717) is 0 Å². The monoisotopic (exact) mass is 278 g/mol. The first-order valence-electron chi connectivity index (χ1n) is 9.70. The molecule has 0 saturated heterocycles. The Morgan fingerprint density at radius 3 is 2.35 bits per heavy atom. The fraction of sp³-hybridized carbons (Fsp3) is 1.00. The van der Waals surface area contributed by atoms with Crippen LogP contribution < -0.4 is 0 Å². The minimum atomic E-state index is 1.01. The highest BCUT2D eigenvalue weighted by molar-refractivity contribution is 4.88. The third-order valence-corrected chi connectivity index (χ3v) is 6.34. The van der Waals surface area contributed by atoms with Gasteiger partial charge in [0, 0.05) is 0 Å². The van der Waals surface area contributed by atoms with Crippen LogP contribution in [-0.2, 0) is 0 Å². The highest BCUT2D eigenvalue weighted by Gasteiger charge is 2.38. The van der Waals surface area contributed by atoms with E-state index in [4.69, 9.17) is 0 Å². The maximum absolute atomic E-state index is 2.56. The smallest absolute Gasteiger partial charge is 0.0360 e. The topological polar surface area (TPSA) is 0 Å². The summed E-state index contributed by atoms with van der Waals surface area (Å²) >= 11 is 0. The summed E-state index contributed by atoms with van der Waals surface area (Å²) in [7, 11) is 0. The second-order valence-corrected chi connectivity index (χ2v) is 8.21. The molecule has 118 valence electrons. The van der Waals surface area contributed by atoms with E-state index >= 15 is 0 Å². The molecule has 20 heavy (non-hydrogen) atoms. The molecule has 0 nitrogen and oxygen atoms in total. The Morgan fingerprint density at radius 2 is 1.55 bits per heavy atom. The van der Waals surface area contributed by atoms with Crippen molar-refractivity contribution in [3.05, 3.63) is 0 Å². The van der Waals surface area contributed by atoms with E-state index in [1.807, 2.05) is 0 Å². The molecular weight excluding hydrogens is 240 g/mol. The van der Waals surface area contributed by atoms with Gasteiger partial charge in [0.05, 0.1) is 0 Å². The quantitative estimate of drug-likeness (QED) is 0.447. The molecule has 0 radical (unpaired) electrons. The summed E-state index contributed by atoms with van der Waals surface area (Å²) in [5, 5.41) is 0. The minimum Gasteiger partial charge on any atom is -0.0654 e. The van der Waals surface area contributed by atoms with E-state index in [1.165, 1.54) is 57.8 Å². The molecule has 0 bridgehead atoms. The molecule has 5 unspecified atom stereocenters. The maximum atomic E-state index is 2.56. The number of rotatable bonds is 7. The van der Waals surface area contributed by atoms with Crippen LogP contribution in [0.3, 0.4) is 0 Å². The first-order chi connectivity index (χ1) is 9.70. The summed E-state index contributed by atoms with van der Waals surface area (Å²) in [6.45, 7) is 7.35. The molecule has 0 aromatic rings. The number of hydrogen-bond donors (Lipinski definition) is 0. The molecule has 5 atom stereocenters. The Balaban J connectivity index is 1.66. The van der Waals surface area contributed by atoms with E-state index < -0.39 is 0 Å². The van der Waals surface area contributed by atoms with Crippen LogP contribution in [0, 0.1) is 29.6 Å². The lowest BCUT2D eigenvalue weighted by atomic mass is 9.60. The first kappa shape index (κ1) is 16.4. The first-order valence-corrected chi connectivity index (χ1v) is 9.70. The Morgan fingerprint density at radius 1 is 0.800 bits per heavy atom. The summed E-state index contributed by atoms with van der Waals surface area (Å²) in [5.41, 5.74) is 0. The zero-order chi connectivity index (χ0) is 14.4. The van der Waals surface area contributed by atoms with Crippen LogP contribution in [0.1, 0.15) is 97.8 Å². The number of fused-ring (bicyclic) bond motifs is 1. The number of hydrogen-bond acceptors (Lipinski definition) is 0. The van der Waals surface area contributed by atoms with Gasteiger partial charge in [0.15, 0.2) is 0 Å². The lowest BCUT2D eigenvalue weighted by molar-refractivity contribution is 0.0530. The predicted molar refractivity (Wildman–Crippen MR) is 89.9 cm³/mol. The van der Waals surface area contributed by atoms with Gasteiger partial charge in [-0.3, -0.25) is 0 Å². The maximum Gasteiger partial charge on any atom is -0.0360 e. The Kier molecular flexibility index (Phi) is 6.91. The molecule has 2 fully saturated rings. The van der Waals surface area contributed by atoms with Crippen molar-refractivity contribution >= 4 is 0 Å². The standard InChI is InChI=1S/C20H38/c1-4-5-6-7-8-9-10-18-14-17(3)20-12-11-16(2)13-19(20)15-18/h16-20H,4-15H2,1-3H3. The molecule has 2 saturated carbocycles. The molecule has 0 aromatic heterocycles. The average molecular weight is 279 g/mol. The summed E-state index contributed by atoms with van der Waals surface area (Å²) in [6.07, 6.45) is 18.0. The van der Waals surface area contributed by atoms with E-state index in [0.717, 1.165) is 29.6 Å². The highest BCUT2D eigenvalue weighted by atomic mass is 14.4. The minimum absolute atomic E-state index is 1.01. The van der Waals surface area contributed by atoms with Crippen molar-refractivity contribution in [2.24, 2.45) is 29.6 Å². The fourth-order valence-electron chi connectivity index (χ4n) is 5.22. The van der Waals surface area contributed by atoms with E-state index in [2.05, 4.69) is 20.8 Å². The molecule has 2 rings (SSSR count). The van der Waals surface area contributed by atoms with Crippen molar-refractivity contribution in [2.45, 2.75) is 97.8 Å². The summed E-state index contributed by atoms with van der Waals surface area (Å²) < 4.78 is 0. The normalized spacial score (nSPS) is 37.6. The molecule has 0 N–H and O–H groups in total. The van der Waals surface area contributed by atoms with Gasteiger partial charge >= 0.3 is 0 Å². The van der Waals surface area contributed by atoms with Gasteiger partial charge in [-0.2, -0.15) is 0 Å². The predicted octanol–water partition coefficient (Wildman–Crippen LogP) is 6.84.